The van der Waals surface area contributed by atoms with Crippen molar-refractivity contribution in [1.82, 2.24) is 0 Å². The van der Waals surface area contributed by atoms with Gasteiger partial charge in [0.2, 0.25) is 11.8 Å². The Morgan fingerprint density at radius 2 is 1.88 bits per heavy atom. The van der Waals surface area contributed by atoms with Crippen LogP contribution in [-0.2, 0) is 16.0 Å². The Hall–Kier alpha value is -3.64. The number of nitrogens with zero attached hydrogens (tertiary/aromatic N) is 2. The zero-order valence-corrected chi connectivity index (χ0v) is 20.1. The lowest BCUT2D eigenvalue weighted by molar-refractivity contribution is -0.120. The van der Waals surface area contributed by atoms with Gasteiger partial charge in [0, 0.05) is 11.1 Å². The van der Waals surface area contributed by atoms with E-state index in [2.05, 4.69) is 12.2 Å². The zero-order chi connectivity index (χ0) is 24.2. The van der Waals surface area contributed by atoms with Gasteiger partial charge in [-0.3, -0.25) is 14.6 Å². The number of ether oxygens (including phenoxy) is 1. The molecule has 1 heterocycles. The molecule has 0 atom stereocenters. The van der Waals surface area contributed by atoms with Gasteiger partial charge in [-0.1, -0.05) is 54.9 Å². The van der Waals surface area contributed by atoms with E-state index in [1.165, 1.54) is 17.6 Å². The van der Waals surface area contributed by atoms with Gasteiger partial charge in [0.15, 0.2) is 0 Å². The number of hydrogen-bond acceptors (Lipinski definition) is 4. The Balaban J connectivity index is 1.60. The van der Waals surface area contributed by atoms with Crippen LogP contribution in [0.4, 0.5) is 17.1 Å². The molecule has 0 aliphatic carbocycles. The summed E-state index contributed by atoms with van der Waals surface area (Å²) in [6.45, 7) is 3.79. The van der Waals surface area contributed by atoms with Crippen molar-refractivity contribution in [3.8, 4) is 5.75 Å². The lowest BCUT2D eigenvalue weighted by atomic mass is 10.0. The highest BCUT2D eigenvalue weighted by Crippen LogP contribution is 2.34. The van der Waals surface area contributed by atoms with Gasteiger partial charge in [-0.25, -0.2) is 0 Å². The average molecular weight is 476 g/mol. The third kappa shape index (κ3) is 4.97. The van der Waals surface area contributed by atoms with Crippen molar-refractivity contribution in [2.24, 2.45) is 4.99 Å². The quantitative estimate of drug-likeness (QED) is 0.496. The Labute approximate surface area is 204 Å². The minimum atomic E-state index is -0.348. The normalized spacial score (nSPS) is 13.1. The molecule has 0 fully saturated rings. The lowest BCUT2D eigenvalue weighted by Crippen LogP contribution is -2.38. The molecule has 3 aromatic rings. The van der Waals surface area contributed by atoms with E-state index in [-0.39, 0.29) is 24.8 Å². The predicted molar refractivity (Wildman–Crippen MR) is 137 cm³/mol. The summed E-state index contributed by atoms with van der Waals surface area (Å²) >= 11 is 6.17. The number of benzene rings is 3. The number of fused-ring (bicyclic) bond motifs is 1. The molecule has 174 valence electrons. The standard InChI is InChI=1S/C27H26ClN3O3/c1-4-18-9-11-19(12-10-18)22-15-27(33)31(24-8-6-5-7-21(24)29-22)16-26(32)30-23-13-17(2)20(28)14-25(23)34-3/h5-14H,4,15-16H2,1-3H3,(H,30,32). The summed E-state index contributed by atoms with van der Waals surface area (Å²) in [5, 5.41) is 3.39. The van der Waals surface area contributed by atoms with Crippen LogP contribution in [0, 0.1) is 6.92 Å². The molecule has 7 heteroatoms. The molecule has 4 rings (SSSR count). The highest BCUT2D eigenvalue weighted by molar-refractivity contribution is 6.31. The van der Waals surface area contributed by atoms with Crippen LogP contribution in [0.1, 0.15) is 30.0 Å². The van der Waals surface area contributed by atoms with Crippen LogP contribution in [0.15, 0.2) is 65.7 Å². The number of carbonyl (C=O) groups excluding carboxylic acids is 2. The number of nitrogens with one attached hydrogen (secondary N) is 1. The monoisotopic (exact) mass is 475 g/mol. The number of rotatable bonds is 6. The summed E-state index contributed by atoms with van der Waals surface area (Å²) in [5.41, 5.74) is 5.35. The summed E-state index contributed by atoms with van der Waals surface area (Å²) in [7, 11) is 1.51. The maximum atomic E-state index is 13.3. The Morgan fingerprint density at radius 1 is 1.15 bits per heavy atom. The number of hydrogen-bond donors (Lipinski definition) is 1. The molecule has 0 saturated carbocycles. The van der Waals surface area contributed by atoms with Crippen LogP contribution in [0.3, 0.4) is 0 Å². The third-order valence-electron chi connectivity index (χ3n) is 5.80. The van der Waals surface area contributed by atoms with E-state index in [1.54, 1.807) is 18.2 Å². The maximum Gasteiger partial charge on any atom is 0.244 e. The van der Waals surface area contributed by atoms with E-state index in [4.69, 9.17) is 21.3 Å². The second-order valence-electron chi connectivity index (χ2n) is 8.10. The fourth-order valence-electron chi connectivity index (χ4n) is 3.88. The Kier molecular flexibility index (Phi) is 6.98. The van der Waals surface area contributed by atoms with E-state index < -0.39 is 0 Å². The molecule has 1 aliphatic rings. The first-order valence-corrected chi connectivity index (χ1v) is 11.5. The van der Waals surface area contributed by atoms with Crippen molar-refractivity contribution in [3.63, 3.8) is 0 Å². The SMILES string of the molecule is CCc1ccc(C2=Nc3ccccc3N(CC(=O)Nc3cc(C)c(Cl)cc3OC)C(=O)C2)cc1. The lowest BCUT2D eigenvalue weighted by Gasteiger charge is -2.22. The second kappa shape index (κ2) is 10.1. The fourth-order valence-corrected chi connectivity index (χ4v) is 4.03. The zero-order valence-electron chi connectivity index (χ0n) is 19.4. The number of amides is 2. The first kappa shape index (κ1) is 23.5. The van der Waals surface area contributed by atoms with Crippen molar-refractivity contribution in [2.75, 3.05) is 23.9 Å². The number of aryl methyl sites for hydroxylation is 2. The van der Waals surface area contributed by atoms with Crippen LogP contribution in [0.2, 0.25) is 5.02 Å². The molecule has 0 unspecified atom stereocenters. The average Bonchev–Trinajstić information content (AvgIpc) is 2.97. The summed E-state index contributed by atoms with van der Waals surface area (Å²) in [6, 6.07) is 18.8. The van der Waals surface area contributed by atoms with E-state index >= 15 is 0 Å². The van der Waals surface area contributed by atoms with E-state index in [9.17, 15) is 9.59 Å². The van der Waals surface area contributed by atoms with Crippen LogP contribution in [0.5, 0.6) is 5.75 Å². The van der Waals surface area contributed by atoms with Crippen molar-refractivity contribution >= 4 is 46.2 Å². The molecule has 0 spiro atoms. The van der Waals surface area contributed by atoms with Gasteiger partial charge < -0.3 is 15.0 Å². The first-order chi connectivity index (χ1) is 16.4. The number of carbonyl (C=O) groups is 2. The van der Waals surface area contributed by atoms with Crippen LogP contribution in [0.25, 0.3) is 0 Å². The van der Waals surface area contributed by atoms with Crippen LogP contribution >= 0.6 is 11.6 Å². The summed E-state index contributed by atoms with van der Waals surface area (Å²) in [6.07, 6.45) is 1.03. The number of halogens is 1. The Morgan fingerprint density at radius 3 is 2.59 bits per heavy atom. The number of para-hydroxylation sites is 2. The largest absolute Gasteiger partial charge is 0.495 e. The highest BCUT2D eigenvalue weighted by atomic mass is 35.5. The molecule has 0 radical (unpaired) electrons. The van der Waals surface area contributed by atoms with Gasteiger partial charge in [-0.15, -0.1) is 0 Å². The van der Waals surface area contributed by atoms with Gasteiger partial charge in [-0.2, -0.15) is 0 Å². The fraction of sp³-hybridized carbons (Fsp3) is 0.222. The van der Waals surface area contributed by atoms with Gasteiger partial charge in [0.25, 0.3) is 0 Å². The van der Waals surface area contributed by atoms with Crippen molar-refractivity contribution in [3.05, 3.63) is 82.4 Å². The molecule has 0 aromatic heterocycles. The van der Waals surface area contributed by atoms with E-state index in [1.807, 2.05) is 49.4 Å². The minimum absolute atomic E-state index is 0.0941. The van der Waals surface area contributed by atoms with Gasteiger partial charge in [0.05, 0.1) is 36.3 Å². The van der Waals surface area contributed by atoms with Crippen molar-refractivity contribution in [1.29, 1.82) is 0 Å². The van der Waals surface area contributed by atoms with Crippen molar-refractivity contribution in [2.45, 2.75) is 26.7 Å². The Bertz CT molecular complexity index is 1270. The minimum Gasteiger partial charge on any atom is -0.495 e. The molecule has 34 heavy (non-hydrogen) atoms. The highest BCUT2D eigenvalue weighted by Gasteiger charge is 2.27. The topological polar surface area (TPSA) is 71.0 Å². The first-order valence-electron chi connectivity index (χ1n) is 11.1. The molecule has 0 bridgehead atoms. The second-order valence-corrected chi connectivity index (χ2v) is 8.51. The molecule has 1 aliphatic heterocycles. The van der Waals surface area contributed by atoms with Crippen molar-refractivity contribution < 1.29 is 14.3 Å². The molecular weight excluding hydrogens is 450 g/mol. The third-order valence-corrected chi connectivity index (χ3v) is 6.21. The predicted octanol–water partition coefficient (Wildman–Crippen LogP) is 5.72. The smallest absolute Gasteiger partial charge is 0.244 e. The number of aliphatic imine (C=N–C) groups is 1. The summed E-state index contributed by atoms with van der Waals surface area (Å²) in [4.78, 5) is 32.6. The van der Waals surface area contributed by atoms with E-state index in [0.717, 1.165) is 17.5 Å². The molecule has 1 N–H and O–H groups in total. The molecule has 3 aromatic carbocycles. The van der Waals surface area contributed by atoms with Crippen LogP contribution < -0.4 is 15.0 Å². The van der Waals surface area contributed by atoms with Crippen LogP contribution in [-0.4, -0.2) is 31.2 Å². The van der Waals surface area contributed by atoms with Gasteiger partial charge in [-0.05, 0) is 48.2 Å². The molecule has 2 amide bonds. The molecular formula is C27H26ClN3O3. The summed E-state index contributed by atoms with van der Waals surface area (Å²) < 4.78 is 5.35. The van der Waals surface area contributed by atoms with Gasteiger partial charge in [0.1, 0.15) is 12.3 Å². The maximum absolute atomic E-state index is 13.3. The van der Waals surface area contributed by atoms with E-state index in [0.29, 0.717) is 33.5 Å². The number of methoxy groups -OCH3 is 1. The summed E-state index contributed by atoms with van der Waals surface area (Å²) in [5.74, 6) is -0.0933. The molecule has 6 nitrogen and oxygen atoms in total. The number of anilines is 2. The van der Waals surface area contributed by atoms with Gasteiger partial charge >= 0.3 is 0 Å². The molecule has 0 saturated heterocycles.